The number of ether oxygens (including phenoxy) is 1. The molecule has 106 valence electrons. The van der Waals surface area contributed by atoms with Crippen molar-refractivity contribution in [3.05, 3.63) is 22.7 Å². The lowest BCUT2D eigenvalue weighted by atomic mass is 9.97. The molecule has 1 aromatic rings. The van der Waals surface area contributed by atoms with Crippen molar-refractivity contribution < 1.29 is 4.74 Å². The van der Waals surface area contributed by atoms with Crippen molar-refractivity contribution in [3.8, 4) is 5.75 Å². The maximum Gasteiger partial charge on any atom is 0.135 e. The number of methoxy groups -OCH3 is 1. The van der Waals surface area contributed by atoms with Gasteiger partial charge in [0.15, 0.2) is 0 Å². The predicted octanol–water partition coefficient (Wildman–Crippen LogP) is 3.42. The number of halogens is 1. The van der Waals surface area contributed by atoms with Gasteiger partial charge >= 0.3 is 0 Å². The van der Waals surface area contributed by atoms with Crippen molar-refractivity contribution in [1.82, 2.24) is 5.32 Å². The fraction of sp³-hybridized carbons (Fsp3) is 0.600. The van der Waals surface area contributed by atoms with Crippen LogP contribution < -0.4 is 15.0 Å². The van der Waals surface area contributed by atoms with Crippen LogP contribution in [0.15, 0.2) is 22.7 Å². The van der Waals surface area contributed by atoms with Crippen LogP contribution in [0.4, 0.5) is 5.69 Å². The first-order valence-corrected chi connectivity index (χ1v) is 7.61. The molecule has 2 rings (SSSR count). The van der Waals surface area contributed by atoms with Crippen molar-refractivity contribution in [1.29, 1.82) is 0 Å². The molecule has 4 heteroatoms. The van der Waals surface area contributed by atoms with Crippen LogP contribution in [0.3, 0.4) is 0 Å². The molecular formula is C15H23BrN2O. The molecule has 0 saturated carbocycles. The molecule has 1 unspecified atom stereocenters. The SMILES string of the molecule is CCC1CNC(C)(C)CN1c1ccc(Br)c(OC)c1. The van der Waals surface area contributed by atoms with Gasteiger partial charge in [-0.25, -0.2) is 0 Å². The Morgan fingerprint density at radius 1 is 1.47 bits per heavy atom. The van der Waals surface area contributed by atoms with E-state index in [0.29, 0.717) is 6.04 Å². The number of hydrogen-bond acceptors (Lipinski definition) is 3. The van der Waals surface area contributed by atoms with Gasteiger partial charge in [-0.1, -0.05) is 6.92 Å². The number of rotatable bonds is 3. The summed E-state index contributed by atoms with van der Waals surface area (Å²) in [5.74, 6) is 0.892. The van der Waals surface area contributed by atoms with E-state index in [4.69, 9.17) is 4.74 Å². The van der Waals surface area contributed by atoms with Crippen molar-refractivity contribution in [2.24, 2.45) is 0 Å². The Hall–Kier alpha value is -0.740. The van der Waals surface area contributed by atoms with Gasteiger partial charge in [-0.15, -0.1) is 0 Å². The third-order valence-electron chi connectivity index (χ3n) is 3.76. The van der Waals surface area contributed by atoms with Crippen molar-refractivity contribution in [2.45, 2.75) is 38.8 Å². The highest BCUT2D eigenvalue weighted by atomic mass is 79.9. The highest BCUT2D eigenvalue weighted by molar-refractivity contribution is 9.10. The molecule has 0 spiro atoms. The van der Waals surface area contributed by atoms with E-state index in [1.54, 1.807) is 7.11 Å². The number of hydrogen-bond donors (Lipinski definition) is 1. The van der Waals surface area contributed by atoms with Crippen LogP contribution in [-0.4, -0.2) is 31.8 Å². The van der Waals surface area contributed by atoms with E-state index in [2.05, 4.69) is 65.1 Å². The normalized spacial score (nSPS) is 22.4. The largest absolute Gasteiger partial charge is 0.495 e. The summed E-state index contributed by atoms with van der Waals surface area (Å²) in [5, 5.41) is 3.62. The van der Waals surface area contributed by atoms with Gasteiger partial charge in [0.2, 0.25) is 0 Å². The van der Waals surface area contributed by atoms with Gasteiger partial charge in [-0.3, -0.25) is 0 Å². The smallest absolute Gasteiger partial charge is 0.135 e. The summed E-state index contributed by atoms with van der Waals surface area (Å²) in [6, 6.07) is 6.89. The van der Waals surface area contributed by atoms with E-state index in [-0.39, 0.29) is 5.54 Å². The Balaban J connectivity index is 2.31. The number of nitrogens with one attached hydrogen (secondary N) is 1. The standard InChI is InChI=1S/C15H23BrN2O/c1-5-11-9-17-15(2,3)10-18(11)12-6-7-13(16)14(8-12)19-4/h6-8,11,17H,5,9-10H2,1-4H3. The monoisotopic (exact) mass is 326 g/mol. The maximum atomic E-state index is 5.41. The molecule has 1 fully saturated rings. The van der Waals surface area contributed by atoms with Crippen LogP contribution in [0.2, 0.25) is 0 Å². The highest BCUT2D eigenvalue weighted by Gasteiger charge is 2.31. The van der Waals surface area contributed by atoms with E-state index >= 15 is 0 Å². The summed E-state index contributed by atoms with van der Waals surface area (Å²) >= 11 is 3.51. The zero-order valence-corrected chi connectivity index (χ0v) is 13.8. The van der Waals surface area contributed by atoms with Crippen molar-refractivity contribution in [2.75, 3.05) is 25.1 Å². The van der Waals surface area contributed by atoms with Crippen molar-refractivity contribution in [3.63, 3.8) is 0 Å². The number of benzene rings is 1. The van der Waals surface area contributed by atoms with E-state index in [0.717, 1.165) is 29.7 Å². The molecule has 1 saturated heterocycles. The number of anilines is 1. The van der Waals surface area contributed by atoms with Crippen LogP contribution in [0.1, 0.15) is 27.2 Å². The quantitative estimate of drug-likeness (QED) is 0.921. The molecule has 1 atom stereocenters. The van der Waals surface area contributed by atoms with Gasteiger partial charge in [0.05, 0.1) is 11.6 Å². The summed E-state index contributed by atoms with van der Waals surface area (Å²) in [6.07, 6.45) is 1.14. The lowest BCUT2D eigenvalue weighted by Gasteiger charge is -2.46. The van der Waals surface area contributed by atoms with Crippen LogP contribution >= 0.6 is 15.9 Å². The average molecular weight is 327 g/mol. The zero-order valence-electron chi connectivity index (χ0n) is 12.2. The number of nitrogens with zero attached hydrogens (tertiary/aromatic N) is 1. The second-order valence-corrected chi connectivity index (χ2v) is 6.63. The Labute approximate surface area is 124 Å². The van der Waals surface area contributed by atoms with Crippen LogP contribution in [0.5, 0.6) is 5.75 Å². The Morgan fingerprint density at radius 2 is 2.21 bits per heavy atom. The van der Waals surface area contributed by atoms with E-state index < -0.39 is 0 Å². The summed E-state index contributed by atoms with van der Waals surface area (Å²) < 4.78 is 6.41. The molecule has 1 aromatic carbocycles. The van der Waals surface area contributed by atoms with Crippen LogP contribution in [0, 0.1) is 0 Å². The molecule has 1 N–H and O–H groups in total. The Kier molecular flexibility index (Phi) is 4.41. The zero-order chi connectivity index (χ0) is 14.0. The third kappa shape index (κ3) is 3.23. The molecular weight excluding hydrogens is 304 g/mol. The molecule has 3 nitrogen and oxygen atoms in total. The molecule has 1 aliphatic rings. The van der Waals surface area contributed by atoms with Gasteiger partial charge < -0.3 is 15.0 Å². The maximum absolute atomic E-state index is 5.41. The predicted molar refractivity (Wildman–Crippen MR) is 84.2 cm³/mol. The average Bonchev–Trinajstić information content (AvgIpc) is 2.38. The van der Waals surface area contributed by atoms with E-state index in [9.17, 15) is 0 Å². The molecule has 1 heterocycles. The van der Waals surface area contributed by atoms with E-state index in [1.165, 1.54) is 5.69 Å². The summed E-state index contributed by atoms with van der Waals surface area (Å²) in [5.41, 5.74) is 1.38. The molecule has 19 heavy (non-hydrogen) atoms. The fourth-order valence-corrected chi connectivity index (χ4v) is 3.02. The minimum atomic E-state index is 0.145. The summed E-state index contributed by atoms with van der Waals surface area (Å²) in [7, 11) is 1.71. The Morgan fingerprint density at radius 3 is 2.84 bits per heavy atom. The van der Waals surface area contributed by atoms with Gasteiger partial charge in [0.25, 0.3) is 0 Å². The minimum Gasteiger partial charge on any atom is -0.495 e. The first-order chi connectivity index (χ1) is 8.96. The molecule has 0 aliphatic carbocycles. The lowest BCUT2D eigenvalue weighted by Crippen LogP contribution is -2.61. The summed E-state index contributed by atoms with van der Waals surface area (Å²) in [6.45, 7) is 8.79. The van der Waals surface area contributed by atoms with Gasteiger partial charge in [0.1, 0.15) is 5.75 Å². The van der Waals surface area contributed by atoms with Crippen LogP contribution in [0.25, 0.3) is 0 Å². The van der Waals surface area contributed by atoms with Gasteiger partial charge in [-0.2, -0.15) is 0 Å². The first-order valence-electron chi connectivity index (χ1n) is 6.82. The first kappa shape index (κ1) is 14.7. The highest BCUT2D eigenvalue weighted by Crippen LogP contribution is 2.32. The molecule has 0 bridgehead atoms. The topological polar surface area (TPSA) is 24.5 Å². The fourth-order valence-electron chi connectivity index (χ4n) is 2.61. The number of piperazine rings is 1. The molecule has 0 radical (unpaired) electrons. The lowest BCUT2D eigenvalue weighted by molar-refractivity contribution is 0.306. The minimum absolute atomic E-state index is 0.145. The van der Waals surface area contributed by atoms with E-state index in [1.807, 2.05) is 0 Å². The van der Waals surface area contributed by atoms with Gasteiger partial charge in [0, 0.05) is 36.4 Å². The molecule has 0 aromatic heterocycles. The molecule has 0 amide bonds. The third-order valence-corrected chi connectivity index (χ3v) is 4.42. The second kappa shape index (κ2) is 5.71. The van der Waals surface area contributed by atoms with Crippen LogP contribution in [-0.2, 0) is 0 Å². The van der Waals surface area contributed by atoms with Gasteiger partial charge in [-0.05, 0) is 48.3 Å². The second-order valence-electron chi connectivity index (χ2n) is 5.77. The summed E-state index contributed by atoms with van der Waals surface area (Å²) in [4.78, 5) is 2.49. The van der Waals surface area contributed by atoms with Crippen molar-refractivity contribution >= 4 is 21.6 Å². The Bertz CT molecular complexity index is 448. The molecule has 1 aliphatic heterocycles.